The maximum absolute atomic E-state index is 12.9. The van der Waals surface area contributed by atoms with Crippen molar-refractivity contribution in [3.05, 3.63) is 90.5 Å². The number of nitrogens with one attached hydrogen (secondary N) is 2. The van der Waals surface area contributed by atoms with Crippen molar-refractivity contribution in [3.63, 3.8) is 0 Å². The third kappa shape index (κ3) is 5.01. The molecule has 0 atom stereocenters. The number of carbonyl (C=O) groups is 2. The molecular formula is C25H21N3O3S. The van der Waals surface area contributed by atoms with Gasteiger partial charge in [0.05, 0.1) is 6.61 Å². The number of ether oxygens (including phenoxy) is 1. The van der Waals surface area contributed by atoms with Gasteiger partial charge in [0.1, 0.15) is 10.7 Å². The minimum Gasteiger partial charge on any atom is -0.450 e. The van der Waals surface area contributed by atoms with Gasteiger partial charge in [-0.3, -0.25) is 10.1 Å². The van der Waals surface area contributed by atoms with Gasteiger partial charge < -0.3 is 10.1 Å². The molecule has 4 aromatic rings. The average Bonchev–Trinajstić information content (AvgIpc) is 3.22. The van der Waals surface area contributed by atoms with Crippen LogP contribution in [0.4, 0.5) is 14.9 Å². The van der Waals surface area contributed by atoms with Crippen molar-refractivity contribution < 1.29 is 14.3 Å². The van der Waals surface area contributed by atoms with E-state index in [0.29, 0.717) is 21.4 Å². The predicted molar refractivity (Wildman–Crippen MR) is 128 cm³/mol. The van der Waals surface area contributed by atoms with E-state index in [9.17, 15) is 9.59 Å². The van der Waals surface area contributed by atoms with Gasteiger partial charge in [0, 0.05) is 11.1 Å². The van der Waals surface area contributed by atoms with Crippen LogP contribution in [0.1, 0.15) is 17.3 Å². The molecule has 0 unspecified atom stereocenters. The zero-order chi connectivity index (χ0) is 22.3. The molecule has 0 saturated carbocycles. The Labute approximate surface area is 189 Å². The zero-order valence-electron chi connectivity index (χ0n) is 17.4. The molecule has 0 saturated heterocycles. The third-order valence-electron chi connectivity index (χ3n) is 4.64. The van der Waals surface area contributed by atoms with Gasteiger partial charge in [-0.25, -0.2) is 9.78 Å². The predicted octanol–water partition coefficient (Wildman–Crippen LogP) is 6.30. The van der Waals surface area contributed by atoms with Gasteiger partial charge in [0.15, 0.2) is 5.13 Å². The lowest BCUT2D eigenvalue weighted by atomic mass is 10.0. The van der Waals surface area contributed by atoms with Crippen molar-refractivity contribution in [2.75, 3.05) is 17.2 Å². The van der Waals surface area contributed by atoms with Crippen molar-refractivity contribution >= 4 is 33.5 Å². The molecule has 4 rings (SSSR count). The number of hydrogen-bond acceptors (Lipinski definition) is 5. The number of rotatable bonds is 6. The molecule has 3 aromatic carbocycles. The smallest absolute Gasteiger partial charge is 0.413 e. The molecule has 6 nitrogen and oxygen atoms in total. The first-order valence-corrected chi connectivity index (χ1v) is 10.9. The number of amides is 2. The molecular weight excluding hydrogens is 422 g/mol. The molecule has 0 fully saturated rings. The molecule has 0 spiro atoms. The van der Waals surface area contributed by atoms with Crippen LogP contribution in [-0.2, 0) is 4.74 Å². The van der Waals surface area contributed by atoms with E-state index in [1.807, 2.05) is 72.8 Å². The number of aromatic nitrogens is 1. The average molecular weight is 444 g/mol. The lowest BCUT2D eigenvalue weighted by Gasteiger charge is -2.07. The van der Waals surface area contributed by atoms with E-state index in [0.717, 1.165) is 16.7 Å². The van der Waals surface area contributed by atoms with Crippen molar-refractivity contribution in [2.24, 2.45) is 0 Å². The van der Waals surface area contributed by atoms with Crippen molar-refractivity contribution in [2.45, 2.75) is 6.92 Å². The summed E-state index contributed by atoms with van der Waals surface area (Å²) >= 11 is 1.18. The molecule has 0 aliphatic heterocycles. The van der Waals surface area contributed by atoms with Crippen LogP contribution in [0, 0.1) is 0 Å². The van der Waals surface area contributed by atoms with Gasteiger partial charge in [0.25, 0.3) is 5.91 Å². The summed E-state index contributed by atoms with van der Waals surface area (Å²) in [4.78, 5) is 29.2. The van der Waals surface area contributed by atoms with Gasteiger partial charge in [0.2, 0.25) is 0 Å². The fraction of sp³-hybridized carbons (Fsp3) is 0.0800. The molecule has 0 aliphatic rings. The molecule has 1 aromatic heterocycles. The van der Waals surface area contributed by atoms with Crippen molar-refractivity contribution in [3.8, 4) is 22.4 Å². The second kappa shape index (κ2) is 9.89. The monoisotopic (exact) mass is 443 g/mol. The number of anilines is 2. The summed E-state index contributed by atoms with van der Waals surface area (Å²) < 4.78 is 4.93. The number of hydrogen-bond donors (Lipinski definition) is 2. The van der Waals surface area contributed by atoms with E-state index in [1.54, 1.807) is 19.1 Å². The minimum absolute atomic E-state index is 0.255. The van der Waals surface area contributed by atoms with E-state index < -0.39 is 6.09 Å². The lowest BCUT2D eigenvalue weighted by Crippen LogP contribution is -2.12. The largest absolute Gasteiger partial charge is 0.450 e. The first kappa shape index (κ1) is 21.3. The first-order chi connectivity index (χ1) is 15.6. The summed E-state index contributed by atoms with van der Waals surface area (Å²) in [5.74, 6) is -0.256. The fourth-order valence-electron chi connectivity index (χ4n) is 3.12. The van der Waals surface area contributed by atoms with Gasteiger partial charge in [-0.15, -0.1) is 0 Å². The SMILES string of the molecule is CCOC(=O)Nc1nc(-c2ccccc2)c(NC(=O)c2ccc(-c3ccccc3)cc2)s1. The van der Waals surface area contributed by atoms with Crippen LogP contribution in [0.3, 0.4) is 0 Å². The van der Waals surface area contributed by atoms with Crippen LogP contribution in [-0.4, -0.2) is 23.6 Å². The van der Waals surface area contributed by atoms with Crippen LogP contribution >= 0.6 is 11.3 Å². The van der Waals surface area contributed by atoms with E-state index in [2.05, 4.69) is 15.6 Å². The summed E-state index contributed by atoms with van der Waals surface area (Å²) in [6.45, 7) is 1.98. The van der Waals surface area contributed by atoms with Crippen LogP contribution in [0.2, 0.25) is 0 Å². The quantitative estimate of drug-likeness (QED) is 0.367. The zero-order valence-corrected chi connectivity index (χ0v) is 18.2. The second-order valence-corrected chi connectivity index (χ2v) is 7.80. The van der Waals surface area contributed by atoms with Gasteiger partial charge in [-0.05, 0) is 30.2 Å². The Morgan fingerprint density at radius 1 is 0.812 bits per heavy atom. The standard InChI is InChI=1S/C25H21N3O3S/c1-2-31-25(30)28-24-26-21(19-11-7-4-8-12-19)23(32-24)27-22(29)20-15-13-18(14-16-20)17-9-5-3-6-10-17/h3-16H,2H2,1H3,(H,27,29)(H,26,28,30). The van der Waals surface area contributed by atoms with Crippen LogP contribution in [0.5, 0.6) is 0 Å². The highest BCUT2D eigenvalue weighted by atomic mass is 32.1. The summed E-state index contributed by atoms with van der Waals surface area (Å²) in [6, 6.07) is 26.9. The van der Waals surface area contributed by atoms with Crippen LogP contribution in [0.15, 0.2) is 84.9 Å². The number of carbonyl (C=O) groups excluding carboxylic acids is 2. The van der Waals surface area contributed by atoms with Gasteiger partial charge >= 0.3 is 6.09 Å². The highest BCUT2D eigenvalue weighted by Gasteiger charge is 2.18. The molecule has 1 heterocycles. The highest BCUT2D eigenvalue weighted by molar-refractivity contribution is 7.20. The molecule has 32 heavy (non-hydrogen) atoms. The number of thiazole rings is 1. The fourth-order valence-corrected chi connectivity index (χ4v) is 3.99. The maximum atomic E-state index is 12.9. The molecule has 0 bridgehead atoms. The minimum atomic E-state index is -0.588. The van der Waals surface area contributed by atoms with E-state index in [-0.39, 0.29) is 12.5 Å². The first-order valence-electron chi connectivity index (χ1n) is 10.1. The van der Waals surface area contributed by atoms with Crippen molar-refractivity contribution in [1.29, 1.82) is 0 Å². The Kier molecular flexibility index (Phi) is 6.57. The third-order valence-corrected chi connectivity index (χ3v) is 5.53. The van der Waals surface area contributed by atoms with E-state index in [4.69, 9.17) is 4.74 Å². The van der Waals surface area contributed by atoms with Crippen molar-refractivity contribution in [1.82, 2.24) is 4.98 Å². The molecule has 160 valence electrons. The Balaban J connectivity index is 1.57. The summed E-state index contributed by atoms with van der Waals surface area (Å²) in [6.07, 6.45) is -0.588. The number of nitrogens with zero attached hydrogens (tertiary/aromatic N) is 1. The van der Waals surface area contributed by atoms with Gasteiger partial charge in [-0.2, -0.15) is 0 Å². The lowest BCUT2D eigenvalue weighted by molar-refractivity contribution is 0.102. The highest BCUT2D eigenvalue weighted by Crippen LogP contribution is 2.36. The second-order valence-electron chi connectivity index (χ2n) is 6.81. The molecule has 2 N–H and O–H groups in total. The Morgan fingerprint density at radius 2 is 1.41 bits per heavy atom. The van der Waals surface area contributed by atoms with Crippen LogP contribution < -0.4 is 10.6 Å². The topological polar surface area (TPSA) is 80.3 Å². The summed E-state index contributed by atoms with van der Waals surface area (Å²) in [5, 5.41) is 6.43. The van der Waals surface area contributed by atoms with Crippen LogP contribution in [0.25, 0.3) is 22.4 Å². The Hall–Kier alpha value is -3.97. The molecule has 0 radical (unpaired) electrons. The Bertz CT molecular complexity index is 1210. The Morgan fingerprint density at radius 3 is 2.03 bits per heavy atom. The normalized spacial score (nSPS) is 10.4. The summed E-state index contributed by atoms with van der Waals surface area (Å²) in [7, 11) is 0. The molecule has 7 heteroatoms. The van der Waals surface area contributed by atoms with E-state index >= 15 is 0 Å². The van der Waals surface area contributed by atoms with E-state index in [1.165, 1.54) is 11.3 Å². The summed E-state index contributed by atoms with van der Waals surface area (Å²) in [5.41, 5.74) is 4.05. The molecule has 0 aliphatic carbocycles. The van der Waals surface area contributed by atoms with Gasteiger partial charge in [-0.1, -0.05) is 84.1 Å². The number of benzene rings is 3. The molecule has 2 amide bonds. The maximum Gasteiger partial charge on any atom is 0.413 e.